The van der Waals surface area contributed by atoms with Crippen LogP contribution in [0.2, 0.25) is 0 Å². The molecule has 0 aliphatic heterocycles. The molecule has 0 spiro atoms. The molecule has 1 heterocycles. The van der Waals surface area contributed by atoms with Crippen LogP contribution in [0.3, 0.4) is 0 Å². The fourth-order valence-corrected chi connectivity index (χ4v) is 2.92. The normalized spacial score (nSPS) is 10.6. The van der Waals surface area contributed by atoms with Crippen molar-refractivity contribution < 1.29 is 18.1 Å². The molecule has 2 aromatic carbocycles. The summed E-state index contributed by atoms with van der Waals surface area (Å²) in [6.07, 6.45) is 3.50. The number of aromatic nitrogens is 2. The second-order valence-electron chi connectivity index (χ2n) is 4.93. The average Bonchev–Trinajstić information content (AvgIpc) is 3.04. The number of thioether (sulfide) groups is 1. The number of para-hydroxylation sites is 1. The maximum atomic E-state index is 13.5. The lowest BCUT2D eigenvalue weighted by Crippen LogP contribution is -2.31. The molecule has 0 saturated heterocycles. The summed E-state index contributed by atoms with van der Waals surface area (Å²) >= 11 is 1.27. The number of nitrogens with one attached hydrogen (secondary N) is 2. The number of aromatic amines is 1. The Labute approximate surface area is 141 Å². The minimum atomic E-state index is -0.475. The summed E-state index contributed by atoms with van der Waals surface area (Å²) in [7, 11) is 0. The van der Waals surface area contributed by atoms with E-state index in [9.17, 15) is 13.6 Å². The first-order valence-electron chi connectivity index (χ1n) is 7.15. The molecule has 2 N–H and O–H groups in total. The highest BCUT2D eigenvalue weighted by Gasteiger charge is 2.16. The summed E-state index contributed by atoms with van der Waals surface area (Å²) < 4.78 is 28.3. The van der Waals surface area contributed by atoms with Crippen LogP contribution in [0.5, 0.6) is 0 Å². The van der Waals surface area contributed by atoms with Gasteiger partial charge >= 0.3 is 5.16 Å². The van der Waals surface area contributed by atoms with Gasteiger partial charge in [0.1, 0.15) is 29.7 Å². The minimum absolute atomic E-state index is 0.107. The summed E-state index contributed by atoms with van der Waals surface area (Å²) in [6, 6.07) is 12.0. The van der Waals surface area contributed by atoms with Gasteiger partial charge in [0.25, 0.3) is 0 Å². The topological polar surface area (TPSA) is 48.8 Å². The molecule has 7 heteroatoms. The third kappa shape index (κ3) is 3.80. The van der Waals surface area contributed by atoms with Crippen molar-refractivity contribution in [2.24, 2.45) is 0 Å². The number of hydrogen-bond donors (Lipinski definition) is 2. The molecule has 0 bridgehead atoms. The molecule has 24 heavy (non-hydrogen) atoms. The van der Waals surface area contributed by atoms with Gasteiger partial charge in [-0.05, 0) is 48.2 Å². The van der Waals surface area contributed by atoms with Crippen molar-refractivity contribution in [3.8, 4) is 5.69 Å². The van der Waals surface area contributed by atoms with Crippen LogP contribution in [0.25, 0.3) is 5.69 Å². The van der Waals surface area contributed by atoms with Crippen molar-refractivity contribution in [3.05, 3.63) is 72.6 Å². The highest BCUT2D eigenvalue weighted by atomic mass is 32.2. The first-order chi connectivity index (χ1) is 11.6. The zero-order valence-corrected chi connectivity index (χ0v) is 13.3. The fourth-order valence-electron chi connectivity index (χ4n) is 2.12. The number of amides is 1. The van der Waals surface area contributed by atoms with E-state index < -0.39 is 5.82 Å². The van der Waals surface area contributed by atoms with Gasteiger partial charge in [-0.2, -0.15) is 4.57 Å². The maximum absolute atomic E-state index is 13.5. The number of anilines is 1. The number of H-pyrrole nitrogens is 1. The molecule has 122 valence electrons. The predicted molar refractivity (Wildman–Crippen MR) is 88.0 cm³/mol. The molecule has 0 atom stereocenters. The van der Waals surface area contributed by atoms with Crippen molar-refractivity contribution in [1.29, 1.82) is 0 Å². The minimum Gasteiger partial charge on any atom is -0.323 e. The van der Waals surface area contributed by atoms with Crippen LogP contribution in [0.15, 0.2) is 66.1 Å². The molecule has 0 aliphatic rings. The van der Waals surface area contributed by atoms with E-state index in [1.807, 2.05) is 0 Å². The van der Waals surface area contributed by atoms with Crippen LogP contribution in [-0.4, -0.2) is 16.6 Å². The number of nitrogens with zero attached hydrogens (tertiary/aromatic N) is 1. The van der Waals surface area contributed by atoms with E-state index in [0.717, 1.165) is 5.69 Å². The predicted octanol–water partition coefficient (Wildman–Crippen LogP) is 3.30. The van der Waals surface area contributed by atoms with Crippen LogP contribution in [-0.2, 0) is 4.79 Å². The summed E-state index contributed by atoms with van der Waals surface area (Å²) in [5, 5.41) is 3.25. The van der Waals surface area contributed by atoms with Crippen LogP contribution >= 0.6 is 11.8 Å². The van der Waals surface area contributed by atoms with E-state index in [1.165, 1.54) is 36.0 Å². The fraction of sp³-hybridized carbons (Fsp3) is 0.0588. The molecule has 3 aromatic rings. The molecular formula is C17H14F2N3OS+. The number of benzene rings is 2. The number of carbonyl (C=O) groups excluding carboxylic acids is 1. The lowest BCUT2D eigenvalue weighted by atomic mass is 10.3. The average molecular weight is 346 g/mol. The summed E-state index contributed by atoms with van der Waals surface area (Å²) in [4.78, 5) is 15.0. The van der Waals surface area contributed by atoms with Gasteiger partial charge in [-0.25, -0.2) is 13.8 Å². The van der Waals surface area contributed by atoms with E-state index in [1.54, 1.807) is 41.2 Å². The van der Waals surface area contributed by atoms with E-state index in [2.05, 4.69) is 10.3 Å². The van der Waals surface area contributed by atoms with Gasteiger partial charge in [0, 0.05) is 0 Å². The first-order valence-corrected chi connectivity index (χ1v) is 8.14. The van der Waals surface area contributed by atoms with Gasteiger partial charge in [-0.15, -0.1) is 0 Å². The molecule has 0 radical (unpaired) electrons. The lowest BCUT2D eigenvalue weighted by molar-refractivity contribution is -0.635. The van der Waals surface area contributed by atoms with E-state index in [0.29, 0.717) is 5.16 Å². The van der Waals surface area contributed by atoms with Gasteiger partial charge in [0.05, 0.1) is 11.4 Å². The van der Waals surface area contributed by atoms with Gasteiger partial charge in [0.15, 0.2) is 0 Å². The van der Waals surface area contributed by atoms with Crippen molar-refractivity contribution >= 4 is 23.4 Å². The van der Waals surface area contributed by atoms with Crippen molar-refractivity contribution in [2.75, 3.05) is 11.1 Å². The third-order valence-corrected chi connectivity index (χ3v) is 4.24. The molecule has 0 aliphatic carbocycles. The Morgan fingerprint density at radius 1 is 1.12 bits per heavy atom. The number of carbonyl (C=O) groups is 1. The standard InChI is InChI=1S/C17H13F2N3OS/c18-12-5-7-13(8-6-12)22-10-9-20-17(22)24-11-16(23)21-15-4-2-1-3-14(15)19/h1-10H,11H2,(H,21,23)/p+1. The number of rotatable bonds is 5. The van der Waals surface area contributed by atoms with Crippen LogP contribution < -0.4 is 9.88 Å². The van der Waals surface area contributed by atoms with Crippen molar-refractivity contribution in [2.45, 2.75) is 5.16 Å². The number of imidazole rings is 1. The SMILES string of the molecule is O=C(CSc1[nH]cc[n+]1-c1ccc(F)cc1)Nc1ccccc1F. The molecule has 3 rings (SSSR count). The number of hydrogen-bond acceptors (Lipinski definition) is 2. The smallest absolute Gasteiger partial charge is 0.321 e. The van der Waals surface area contributed by atoms with Gasteiger partial charge in [-0.1, -0.05) is 12.1 Å². The molecule has 0 saturated carbocycles. The highest BCUT2D eigenvalue weighted by molar-refractivity contribution is 7.99. The van der Waals surface area contributed by atoms with Gasteiger partial charge < -0.3 is 5.32 Å². The Hall–Kier alpha value is -2.67. The van der Waals surface area contributed by atoms with E-state index >= 15 is 0 Å². The van der Waals surface area contributed by atoms with Gasteiger partial charge in [0.2, 0.25) is 5.91 Å². The Morgan fingerprint density at radius 2 is 1.88 bits per heavy atom. The Morgan fingerprint density at radius 3 is 2.62 bits per heavy atom. The zero-order chi connectivity index (χ0) is 16.9. The summed E-state index contributed by atoms with van der Waals surface area (Å²) in [5.41, 5.74) is 0.927. The maximum Gasteiger partial charge on any atom is 0.321 e. The van der Waals surface area contributed by atoms with Crippen LogP contribution in [0, 0.1) is 11.6 Å². The second kappa shape index (κ2) is 7.27. The second-order valence-corrected chi connectivity index (χ2v) is 5.89. The first kappa shape index (κ1) is 16.2. The van der Waals surface area contributed by atoms with Crippen LogP contribution in [0.4, 0.5) is 14.5 Å². The molecule has 0 unspecified atom stereocenters. The Bertz CT molecular complexity index is 849. The molecular weight excluding hydrogens is 332 g/mol. The molecule has 0 fully saturated rings. The quantitative estimate of drug-likeness (QED) is 0.550. The molecule has 4 nitrogen and oxygen atoms in total. The van der Waals surface area contributed by atoms with Crippen molar-refractivity contribution in [3.63, 3.8) is 0 Å². The van der Waals surface area contributed by atoms with Gasteiger partial charge in [-0.3, -0.25) is 4.79 Å². The van der Waals surface area contributed by atoms with Crippen LogP contribution in [0.1, 0.15) is 0 Å². The summed E-state index contributed by atoms with van der Waals surface area (Å²) in [5.74, 6) is -0.994. The van der Waals surface area contributed by atoms with Crippen molar-refractivity contribution in [1.82, 2.24) is 4.98 Å². The zero-order valence-electron chi connectivity index (χ0n) is 12.5. The Balaban J connectivity index is 1.65. The highest BCUT2D eigenvalue weighted by Crippen LogP contribution is 2.16. The van der Waals surface area contributed by atoms with E-state index in [4.69, 9.17) is 0 Å². The molecule has 1 aromatic heterocycles. The summed E-state index contributed by atoms with van der Waals surface area (Å²) in [6.45, 7) is 0. The molecule has 1 amide bonds. The Kier molecular flexibility index (Phi) is 4.90. The monoisotopic (exact) mass is 346 g/mol. The number of halogens is 2. The van der Waals surface area contributed by atoms with E-state index in [-0.39, 0.29) is 23.2 Å². The largest absolute Gasteiger partial charge is 0.323 e. The third-order valence-electron chi connectivity index (χ3n) is 3.24. The lowest BCUT2D eigenvalue weighted by Gasteiger charge is -2.05.